The highest BCUT2D eigenvalue weighted by Crippen LogP contribution is 2.21. The monoisotopic (exact) mass is 169 g/mol. The van der Waals surface area contributed by atoms with E-state index in [9.17, 15) is 0 Å². The Morgan fingerprint density at radius 2 is 2.55 bits per heavy atom. The molecule has 0 saturated heterocycles. The van der Waals surface area contributed by atoms with Crippen molar-refractivity contribution in [2.45, 2.75) is 12.4 Å². The van der Waals surface area contributed by atoms with Crippen molar-refractivity contribution in [3.8, 4) is 0 Å². The Morgan fingerprint density at radius 1 is 1.73 bits per heavy atom. The van der Waals surface area contributed by atoms with Crippen molar-refractivity contribution in [2.75, 3.05) is 0 Å². The summed E-state index contributed by atoms with van der Waals surface area (Å²) < 4.78 is 1.92. The summed E-state index contributed by atoms with van der Waals surface area (Å²) in [6, 6.07) is 0. The SMILES string of the molecule is CC1=Cn2ccnc2C(Cl)N1. The highest BCUT2D eigenvalue weighted by atomic mass is 35.5. The van der Waals surface area contributed by atoms with Crippen LogP contribution >= 0.6 is 11.6 Å². The van der Waals surface area contributed by atoms with E-state index in [-0.39, 0.29) is 5.50 Å². The highest BCUT2D eigenvalue weighted by Gasteiger charge is 2.16. The van der Waals surface area contributed by atoms with Crippen LogP contribution in [0.2, 0.25) is 0 Å². The second-order valence-electron chi connectivity index (χ2n) is 2.51. The van der Waals surface area contributed by atoms with Crippen LogP contribution in [0, 0.1) is 0 Å². The van der Waals surface area contributed by atoms with Crippen LogP contribution in [-0.4, -0.2) is 9.55 Å². The Bertz CT molecular complexity index is 302. The highest BCUT2D eigenvalue weighted by molar-refractivity contribution is 6.20. The number of nitrogens with one attached hydrogen (secondary N) is 1. The van der Waals surface area contributed by atoms with Crippen LogP contribution in [0.25, 0.3) is 6.20 Å². The molecule has 1 unspecified atom stereocenters. The Kier molecular flexibility index (Phi) is 1.39. The third-order valence-corrected chi connectivity index (χ3v) is 1.92. The molecule has 1 aliphatic heterocycles. The van der Waals surface area contributed by atoms with Gasteiger partial charge in [0.1, 0.15) is 0 Å². The van der Waals surface area contributed by atoms with Crippen molar-refractivity contribution in [1.29, 1.82) is 0 Å². The fraction of sp³-hybridized carbons (Fsp3) is 0.286. The van der Waals surface area contributed by atoms with Gasteiger partial charge in [0.25, 0.3) is 0 Å². The molecule has 0 bridgehead atoms. The lowest BCUT2D eigenvalue weighted by atomic mass is 10.4. The molecule has 1 aromatic rings. The summed E-state index contributed by atoms with van der Waals surface area (Å²) in [5.74, 6) is 0.845. The van der Waals surface area contributed by atoms with Crippen LogP contribution in [0.4, 0.5) is 0 Å². The maximum Gasteiger partial charge on any atom is 0.160 e. The van der Waals surface area contributed by atoms with E-state index in [1.54, 1.807) is 6.20 Å². The number of nitrogens with zero attached hydrogens (tertiary/aromatic N) is 2. The molecule has 1 aliphatic rings. The van der Waals surface area contributed by atoms with Crippen LogP contribution in [0.15, 0.2) is 18.1 Å². The van der Waals surface area contributed by atoms with E-state index in [1.165, 1.54) is 0 Å². The zero-order valence-electron chi connectivity index (χ0n) is 6.08. The van der Waals surface area contributed by atoms with Gasteiger partial charge >= 0.3 is 0 Å². The molecule has 2 rings (SSSR count). The van der Waals surface area contributed by atoms with Crippen molar-refractivity contribution in [3.63, 3.8) is 0 Å². The number of rotatable bonds is 0. The summed E-state index contributed by atoms with van der Waals surface area (Å²) in [5.41, 5.74) is 0.852. The second kappa shape index (κ2) is 2.27. The smallest absolute Gasteiger partial charge is 0.160 e. The molecular weight excluding hydrogens is 162 g/mol. The number of hydrogen-bond acceptors (Lipinski definition) is 2. The first-order valence-corrected chi connectivity index (χ1v) is 3.83. The van der Waals surface area contributed by atoms with Crippen molar-refractivity contribution < 1.29 is 0 Å². The fourth-order valence-corrected chi connectivity index (χ4v) is 1.48. The number of fused-ring (bicyclic) bond motifs is 1. The van der Waals surface area contributed by atoms with Crippen molar-refractivity contribution in [3.05, 3.63) is 23.9 Å². The first-order chi connectivity index (χ1) is 5.27. The number of imidazole rings is 1. The summed E-state index contributed by atoms with van der Waals surface area (Å²) in [5, 5.41) is 3.06. The molecule has 0 saturated carbocycles. The number of allylic oxidation sites excluding steroid dienone is 1. The van der Waals surface area contributed by atoms with E-state index >= 15 is 0 Å². The van der Waals surface area contributed by atoms with E-state index in [0.29, 0.717) is 0 Å². The number of halogens is 1. The van der Waals surface area contributed by atoms with Crippen LogP contribution in [0.1, 0.15) is 18.2 Å². The zero-order valence-corrected chi connectivity index (χ0v) is 6.84. The van der Waals surface area contributed by atoms with Gasteiger partial charge in [-0.15, -0.1) is 0 Å². The second-order valence-corrected chi connectivity index (χ2v) is 2.95. The van der Waals surface area contributed by atoms with Gasteiger partial charge in [-0.3, -0.25) is 0 Å². The summed E-state index contributed by atoms with van der Waals surface area (Å²) in [7, 11) is 0. The van der Waals surface area contributed by atoms with Gasteiger partial charge < -0.3 is 9.88 Å². The van der Waals surface area contributed by atoms with Crippen LogP contribution in [0.5, 0.6) is 0 Å². The van der Waals surface area contributed by atoms with Gasteiger partial charge in [-0.2, -0.15) is 0 Å². The van der Waals surface area contributed by atoms with Crippen molar-refractivity contribution in [2.24, 2.45) is 0 Å². The van der Waals surface area contributed by atoms with Gasteiger partial charge in [-0.05, 0) is 6.92 Å². The van der Waals surface area contributed by atoms with Gasteiger partial charge in [-0.1, -0.05) is 11.6 Å². The molecule has 0 radical (unpaired) electrons. The van der Waals surface area contributed by atoms with Gasteiger partial charge in [0.2, 0.25) is 0 Å². The number of aromatic nitrogens is 2. The molecule has 1 N–H and O–H groups in total. The Morgan fingerprint density at radius 3 is 3.36 bits per heavy atom. The van der Waals surface area contributed by atoms with Gasteiger partial charge in [0.05, 0.1) is 0 Å². The molecule has 58 valence electrons. The zero-order chi connectivity index (χ0) is 7.84. The van der Waals surface area contributed by atoms with E-state index in [1.807, 2.05) is 23.9 Å². The normalized spacial score (nSPS) is 22.0. The molecule has 11 heavy (non-hydrogen) atoms. The minimum Gasteiger partial charge on any atom is -0.365 e. The van der Waals surface area contributed by atoms with Crippen LogP contribution in [-0.2, 0) is 0 Å². The van der Waals surface area contributed by atoms with E-state index in [2.05, 4.69) is 10.3 Å². The summed E-state index contributed by atoms with van der Waals surface area (Å²) in [4.78, 5) is 4.10. The van der Waals surface area contributed by atoms with E-state index in [0.717, 1.165) is 11.5 Å². The molecule has 0 aromatic carbocycles. The fourth-order valence-electron chi connectivity index (χ4n) is 1.14. The molecule has 2 heterocycles. The summed E-state index contributed by atoms with van der Waals surface area (Å²) >= 11 is 5.95. The van der Waals surface area contributed by atoms with Crippen molar-refractivity contribution >= 4 is 17.8 Å². The minimum atomic E-state index is -0.199. The number of hydrogen-bond donors (Lipinski definition) is 1. The molecule has 0 spiro atoms. The van der Waals surface area contributed by atoms with Crippen molar-refractivity contribution in [1.82, 2.24) is 14.9 Å². The Labute approximate surface area is 69.7 Å². The lowest BCUT2D eigenvalue weighted by molar-refractivity contribution is 0.693. The molecule has 1 aromatic heterocycles. The molecular formula is C7H8ClN3. The van der Waals surface area contributed by atoms with E-state index in [4.69, 9.17) is 11.6 Å². The molecule has 0 amide bonds. The maximum atomic E-state index is 5.95. The first kappa shape index (κ1) is 6.73. The molecule has 3 nitrogen and oxygen atoms in total. The summed E-state index contributed by atoms with van der Waals surface area (Å²) in [6.07, 6.45) is 5.58. The summed E-state index contributed by atoms with van der Waals surface area (Å²) in [6.45, 7) is 1.97. The molecule has 0 fully saturated rings. The Hall–Kier alpha value is -0.960. The maximum absolute atomic E-state index is 5.95. The third kappa shape index (κ3) is 1.01. The van der Waals surface area contributed by atoms with E-state index < -0.39 is 0 Å². The lowest BCUT2D eigenvalue weighted by Crippen LogP contribution is -2.22. The predicted octanol–water partition coefficient (Wildman–Crippen LogP) is 1.54. The molecule has 0 aliphatic carbocycles. The van der Waals surface area contributed by atoms with Crippen LogP contribution < -0.4 is 5.32 Å². The predicted molar refractivity (Wildman–Crippen MR) is 43.9 cm³/mol. The largest absolute Gasteiger partial charge is 0.365 e. The first-order valence-electron chi connectivity index (χ1n) is 3.39. The quantitative estimate of drug-likeness (QED) is 0.472. The standard InChI is InChI=1S/C7H8ClN3/c1-5-4-11-3-2-9-7(11)6(8)10-5/h2-4,6,10H,1H3. The minimum absolute atomic E-state index is 0.199. The molecule has 4 heteroatoms. The average molecular weight is 170 g/mol. The van der Waals surface area contributed by atoms with Gasteiger partial charge in [0.15, 0.2) is 11.3 Å². The molecule has 1 atom stereocenters. The van der Waals surface area contributed by atoms with Gasteiger partial charge in [-0.25, -0.2) is 4.98 Å². The van der Waals surface area contributed by atoms with Crippen LogP contribution in [0.3, 0.4) is 0 Å². The Balaban J connectivity index is 2.51. The third-order valence-electron chi connectivity index (χ3n) is 1.61. The topological polar surface area (TPSA) is 29.9 Å². The van der Waals surface area contributed by atoms with Gasteiger partial charge in [0, 0.05) is 24.3 Å². The average Bonchev–Trinajstić information content (AvgIpc) is 2.34. The lowest BCUT2D eigenvalue weighted by Gasteiger charge is -2.18. The number of alkyl halides is 1.